The smallest absolute Gasteiger partial charge is 0.380 e. The van der Waals surface area contributed by atoms with E-state index in [4.69, 9.17) is 10.3 Å². The number of benzene rings is 2. The molecule has 0 unspecified atom stereocenters. The Morgan fingerprint density at radius 1 is 1.11 bits per heavy atom. The van der Waals surface area contributed by atoms with Crippen LogP contribution in [-0.2, 0) is 19.1 Å². The molecule has 9 nitrogen and oxygen atoms in total. The van der Waals surface area contributed by atoms with Crippen LogP contribution in [0.3, 0.4) is 0 Å². The maximum atomic E-state index is 15.1. The van der Waals surface area contributed by atoms with Crippen molar-refractivity contribution in [2.24, 2.45) is 0 Å². The zero-order valence-electron chi connectivity index (χ0n) is 20.2. The maximum absolute atomic E-state index is 15.1. The Balaban J connectivity index is 1.48. The van der Waals surface area contributed by atoms with Gasteiger partial charge in [-0.05, 0) is 50.0 Å². The molecule has 38 heavy (non-hydrogen) atoms. The highest BCUT2D eigenvalue weighted by molar-refractivity contribution is 5.97. The number of anilines is 1. The van der Waals surface area contributed by atoms with Gasteiger partial charge < -0.3 is 19.7 Å². The summed E-state index contributed by atoms with van der Waals surface area (Å²) >= 11 is 0. The minimum absolute atomic E-state index is 0.0214. The van der Waals surface area contributed by atoms with Crippen molar-refractivity contribution in [3.63, 3.8) is 0 Å². The molecule has 196 valence electrons. The van der Waals surface area contributed by atoms with Gasteiger partial charge in [0.1, 0.15) is 17.3 Å². The van der Waals surface area contributed by atoms with Crippen LogP contribution < -0.4 is 5.73 Å². The number of hydrogen-bond donors (Lipinski definition) is 1. The molecule has 0 amide bonds. The molecule has 0 radical (unpaired) electrons. The Morgan fingerprint density at radius 3 is 2.58 bits per heavy atom. The summed E-state index contributed by atoms with van der Waals surface area (Å²) in [5.74, 6) is -0.714. The lowest BCUT2D eigenvalue weighted by Crippen LogP contribution is -2.15. The zero-order valence-corrected chi connectivity index (χ0v) is 20.2. The van der Waals surface area contributed by atoms with Crippen LogP contribution in [0, 0.1) is 5.82 Å². The molecule has 5 aromatic rings. The van der Waals surface area contributed by atoms with Gasteiger partial charge in [-0.3, -0.25) is 4.79 Å². The third-order valence-electron chi connectivity index (χ3n) is 5.85. The van der Waals surface area contributed by atoms with Crippen molar-refractivity contribution in [1.82, 2.24) is 29.4 Å². The van der Waals surface area contributed by atoms with E-state index in [1.165, 1.54) is 30.3 Å². The molecule has 5 rings (SSSR count). The molecule has 0 spiro atoms. The van der Waals surface area contributed by atoms with E-state index < -0.39 is 29.9 Å². The van der Waals surface area contributed by atoms with Crippen molar-refractivity contribution in [2.75, 3.05) is 19.8 Å². The fraction of sp³-hybridized carbons (Fsp3) is 0.200. The predicted octanol–water partition coefficient (Wildman–Crippen LogP) is 4.43. The number of fused-ring (bicyclic) bond motifs is 1. The van der Waals surface area contributed by atoms with Crippen LogP contribution in [0.4, 0.5) is 23.4 Å². The van der Waals surface area contributed by atoms with Crippen LogP contribution in [0.25, 0.3) is 22.3 Å². The van der Waals surface area contributed by atoms with Gasteiger partial charge in [-0.25, -0.2) is 14.1 Å². The highest BCUT2D eigenvalue weighted by atomic mass is 19.4. The maximum Gasteiger partial charge on any atom is 0.435 e. The van der Waals surface area contributed by atoms with E-state index in [1.54, 1.807) is 23.0 Å². The molecule has 2 N–H and O–H groups in total. The van der Waals surface area contributed by atoms with E-state index in [0.29, 0.717) is 35.1 Å². The standard InChI is InChI=1S/C25H21F4N7O2/c1-34(2)13-23-31-7-8-35(23)15-4-3-14(18(26)11-15)9-20(37)19-12-22(25(27,28)29)32-36(19)16-5-6-21-17(10-16)24(30)33-38-21/h3-8,10-12H,9,13H2,1-2H3,(H2,30,33). The van der Waals surface area contributed by atoms with Crippen molar-refractivity contribution in [1.29, 1.82) is 0 Å². The molecule has 0 saturated carbocycles. The monoisotopic (exact) mass is 527 g/mol. The first-order valence-corrected chi connectivity index (χ1v) is 11.3. The lowest BCUT2D eigenvalue weighted by atomic mass is 10.1. The highest BCUT2D eigenvalue weighted by Gasteiger charge is 2.36. The van der Waals surface area contributed by atoms with Gasteiger partial charge in [-0.1, -0.05) is 11.2 Å². The first-order chi connectivity index (χ1) is 18.0. The first kappa shape index (κ1) is 25.1. The molecule has 0 aliphatic rings. The quantitative estimate of drug-likeness (QED) is 0.247. The van der Waals surface area contributed by atoms with E-state index in [-0.39, 0.29) is 22.8 Å². The molecular formula is C25H21F4N7O2. The molecule has 3 aromatic heterocycles. The summed E-state index contributed by atoms with van der Waals surface area (Å²) in [6, 6.07) is 9.24. The molecule has 0 saturated heterocycles. The number of Topliss-reactive ketones (excluding diaryl/α,β-unsaturated/α-hetero) is 1. The van der Waals surface area contributed by atoms with Gasteiger partial charge >= 0.3 is 6.18 Å². The molecule has 0 bridgehead atoms. The molecule has 0 atom stereocenters. The number of aromatic nitrogens is 5. The number of rotatable bonds is 7. The Labute approximate surface area is 213 Å². The first-order valence-electron chi connectivity index (χ1n) is 11.3. The second-order valence-electron chi connectivity index (χ2n) is 8.90. The lowest BCUT2D eigenvalue weighted by Gasteiger charge is -2.13. The normalized spacial score (nSPS) is 12.1. The van der Waals surface area contributed by atoms with E-state index in [9.17, 15) is 18.0 Å². The van der Waals surface area contributed by atoms with Crippen molar-refractivity contribution in [2.45, 2.75) is 19.1 Å². The number of alkyl halides is 3. The van der Waals surface area contributed by atoms with Gasteiger partial charge in [-0.15, -0.1) is 0 Å². The summed E-state index contributed by atoms with van der Waals surface area (Å²) in [6.07, 6.45) is -2.00. The number of nitrogens with zero attached hydrogens (tertiary/aromatic N) is 6. The molecule has 2 aromatic carbocycles. The summed E-state index contributed by atoms with van der Waals surface area (Å²) in [7, 11) is 3.75. The fourth-order valence-corrected chi connectivity index (χ4v) is 4.05. The van der Waals surface area contributed by atoms with Gasteiger partial charge in [0.2, 0.25) is 0 Å². The van der Waals surface area contributed by atoms with Gasteiger partial charge in [0.05, 0.1) is 17.6 Å². The third kappa shape index (κ3) is 4.75. The van der Waals surface area contributed by atoms with E-state index >= 15 is 4.39 Å². The minimum Gasteiger partial charge on any atom is -0.380 e. The molecule has 0 aliphatic carbocycles. The Bertz CT molecular complexity index is 1650. The molecular weight excluding hydrogens is 506 g/mol. The number of carbonyl (C=O) groups excluding carboxylic acids is 1. The minimum atomic E-state index is -4.80. The van der Waals surface area contributed by atoms with Crippen LogP contribution in [0.2, 0.25) is 0 Å². The van der Waals surface area contributed by atoms with Gasteiger partial charge in [-0.2, -0.15) is 18.3 Å². The molecule has 13 heteroatoms. The second kappa shape index (κ2) is 9.41. The van der Waals surface area contributed by atoms with Crippen LogP contribution in [0.1, 0.15) is 27.6 Å². The van der Waals surface area contributed by atoms with Crippen molar-refractivity contribution in [3.8, 4) is 11.4 Å². The van der Waals surface area contributed by atoms with Gasteiger partial charge in [0, 0.05) is 30.6 Å². The van der Waals surface area contributed by atoms with Crippen LogP contribution in [-0.4, -0.2) is 49.3 Å². The lowest BCUT2D eigenvalue weighted by molar-refractivity contribution is -0.141. The second-order valence-corrected chi connectivity index (χ2v) is 8.90. The van der Waals surface area contributed by atoms with Crippen LogP contribution in [0.15, 0.2) is 59.4 Å². The summed E-state index contributed by atoms with van der Waals surface area (Å²) in [6.45, 7) is 0.521. The van der Waals surface area contributed by atoms with Gasteiger partial charge in [0.15, 0.2) is 22.9 Å². The number of imidazole rings is 1. The SMILES string of the molecule is CN(C)Cc1nccn1-c1ccc(CC(=O)c2cc(C(F)(F)F)nn2-c2ccc3onc(N)c3c2)c(F)c1. The number of halogens is 4. The van der Waals surface area contributed by atoms with E-state index in [0.717, 1.165) is 4.68 Å². The number of hydrogen-bond acceptors (Lipinski definition) is 7. The van der Waals surface area contributed by atoms with Crippen molar-refractivity contribution >= 4 is 22.6 Å². The third-order valence-corrected chi connectivity index (χ3v) is 5.85. The van der Waals surface area contributed by atoms with E-state index in [2.05, 4.69) is 15.2 Å². The molecule has 0 aliphatic heterocycles. The predicted molar refractivity (Wildman–Crippen MR) is 129 cm³/mol. The summed E-state index contributed by atoms with van der Waals surface area (Å²) in [5.41, 5.74) is 5.11. The highest BCUT2D eigenvalue weighted by Crippen LogP contribution is 2.31. The molecule has 0 fully saturated rings. The molecule has 3 heterocycles. The largest absolute Gasteiger partial charge is 0.435 e. The van der Waals surface area contributed by atoms with Gasteiger partial charge in [0.25, 0.3) is 0 Å². The fourth-order valence-electron chi connectivity index (χ4n) is 4.05. The van der Waals surface area contributed by atoms with E-state index in [1.807, 2.05) is 19.0 Å². The summed E-state index contributed by atoms with van der Waals surface area (Å²) < 4.78 is 63.2. The Hall–Kier alpha value is -4.52. The van der Waals surface area contributed by atoms with Crippen LogP contribution in [0.5, 0.6) is 0 Å². The topological polar surface area (TPSA) is 108 Å². The summed E-state index contributed by atoms with van der Waals surface area (Å²) in [4.78, 5) is 19.4. The average Bonchev–Trinajstić information content (AvgIpc) is 3.58. The number of nitrogens with two attached hydrogens (primary N) is 1. The zero-order chi connectivity index (χ0) is 27.2. The number of carbonyl (C=O) groups is 1. The van der Waals surface area contributed by atoms with Crippen molar-refractivity contribution in [3.05, 3.63) is 83.5 Å². The van der Waals surface area contributed by atoms with Crippen LogP contribution >= 0.6 is 0 Å². The average molecular weight is 527 g/mol. The Morgan fingerprint density at radius 2 is 1.87 bits per heavy atom. The summed E-state index contributed by atoms with van der Waals surface area (Å²) in [5, 5.41) is 7.58. The number of ketones is 1. The number of nitrogen functional groups attached to an aromatic ring is 1. The van der Waals surface area contributed by atoms with Crippen molar-refractivity contribution < 1.29 is 26.9 Å². The Kier molecular flexibility index (Phi) is 6.23.